The van der Waals surface area contributed by atoms with Gasteiger partial charge >= 0.3 is 21.1 Å². The Hall–Kier alpha value is -6.41. The molecule has 0 saturated carbocycles. The molecule has 256 valence electrons. The Labute approximate surface area is 329 Å². The van der Waals surface area contributed by atoms with Crippen LogP contribution in [0.2, 0.25) is 0 Å². The normalized spacial score (nSPS) is 11.2. The maximum Gasteiger partial charge on any atom is 2.00 e. The molecule has 10 rings (SSSR count). The van der Waals surface area contributed by atoms with Crippen LogP contribution >= 0.6 is 0 Å². The van der Waals surface area contributed by atoms with Gasteiger partial charge in [-0.15, -0.1) is 71.8 Å². The van der Waals surface area contributed by atoms with Crippen LogP contribution in [0.1, 0.15) is 0 Å². The number of benzene rings is 7. The molecule has 0 N–H and O–H groups in total. The number of rotatable bonds is 5. The molecule has 0 bridgehead atoms. The molecule has 0 atom stereocenters. The van der Waals surface area contributed by atoms with Crippen LogP contribution < -0.4 is 0 Å². The summed E-state index contributed by atoms with van der Waals surface area (Å²) in [5.74, 6) is 0.876. The van der Waals surface area contributed by atoms with Crippen molar-refractivity contribution >= 4 is 0 Å². The summed E-state index contributed by atoms with van der Waals surface area (Å²) in [6.45, 7) is 0. The number of imidazole rings is 1. The zero-order chi connectivity index (χ0) is 35.1. The van der Waals surface area contributed by atoms with Crippen LogP contribution in [0.3, 0.4) is 0 Å². The van der Waals surface area contributed by atoms with E-state index in [1.54, 1.807) is 0 Å². The van der Waals surface area contributed by atoms with Crippen LogP contribution in [0.15, 0.2) is 188 Å². The Balaban J connectivity index is 0.00000384. The summed E-state index contributed by atoms with van der Waals surface area (Å²) in [7, 11) is 0. The van der Waals surface area contributed by atoms with E-state index in [2.05, 4.69) is 150 Å². The number of aromatic nitrogens is 3. The molecule has 1 aliphatic carbocycles. The summed E-state index contributed by atoms with van der Waals surface area (Å²) in [5.41, 5.74) is 17.6. The predicted molar refractivity (Wildman–Crippen MR) is 216 cm³/mol. The van der Waals surface area contributed by atoms with Crippen molar-refractivity contribution in [3.8, 4) is 95.1 Å². The van der Waals surface area contributed by atoms with Gasteiger partial charge in [0.1, 0.15) is 5.82 Å². The summed E-state index contributed by atoms with van der Waals surface area (Å²) < 4.78 is 2.17. The van der Waals surface area contributed by atoms with Gasteiger partial charge in [-0.25, -0.2) is 4.98 Å². The quantitative estimate of drug-likeness (QED) is 0.161. The summed E-state index contributed by atoms with van der Waals surface area (Å²) in [6, 6.07) is 67.0. The van der Waals surface area contributed by atoms with Crippen LogP contribution in [0.5, 0.6) is 0 Å². The molecule has 2 aromatic heterocycles. The SMILES string of the molecule is [Pt+2].[c-]1ccccc1-c1cc2c(cc1-c1ccccn1)-c1ccccc1-c1cc(-c3[c-]cccc3)c(-c3nccn3-c3ccccc3)cc1-c1ccccc1-2. The third-order valence-electron chi connectivity index (χ3n) is 10.2. The molecule has 2 heterocycles. The molecule has 4 heteroatoms. The average molecular weight is 869 g/mol. The second kappa shape index (κ2) is 14.2. The van der Waals surface area contributed by atoms with E-state index in [1.165, 1.54) is 22.3 Å². The molecular weight excluding hydrogens is 838 g/mol. The van der Waals surface area contributed by atoms with Gasteiger partial charge in [0.2, 0.25) is 0 Å². The minimum Gasteiger partial charge on any atom is -0.300 e. The fourth-order valence-electron chi connectivity index (χ4n) is 7.78. The van der Waals surface area contributed by atoms with E-state index in [-0.39, 0.29) is 21.1 Å². The minimum atomic E-state index is 0. The van der Waals surface area contributed by atoms with Gasteiger partial charge in [0, 0.05) is 24.3 Å². The first-order chi connectivity index (χ1) is 26.3. The molecule has 1 aliphatic rings. The van der Waals surface area contributed by atoms with E-state index >= 15 is 0 Å². The Morgan fingerprint density at radius 3 is 1.37 bits per heavy atom. The number of para-hydroxylation sites is 1. The van der Waals surface area contributed by atoms with E-state index in [4.69, 9.17) is 9.97 Å². The van der Waals surface area contributed by atoms with Gasteiger partial charge in [0.15, 0.2) is 0 Å². The van der Waals surface area contributed by atoms with Crippen LogP contribution in [0.4, 0.5) is 0 Å². The van der Waals surface area contributed by atoms with E-state index in [9.17, 15) is 0 Å². The van der Waals surface area contributed by atoms with E-state index in [0.29, 0.717) is 0 Å². The topological polar surface area (TPSA) is 30.7 Å². The van der Waals surface area contributed by atoms with Crippen LogP contribution in [0, 0.1) is 12.1 Å². The predicted octanol–water partition coefficient (Wildman–Crippen LogP) is 12.5. The van der Waals surface area contributed by atoms with Crippen LogP contribution in [-0.4, -0.2) is 14.5 Å². The number of fused-ring (bicyclic) bond motifs is 8. The van der Waals surface area contributed by atoms with Gasteiger partial charge in [-0.2, -0.15) is 0 Å². The molecular formula is C50H31N3Pt. The molecule has 0 saturated heterocycles. The summed E-state index contributed by atoms with van der Waals surface area (Å²) >= 11 is 0. The fourth-order valence-corrected chi connectivity index (χ4v) is 7.78. The van der Waals surface area contributed by atoms with Crippen molar-refractivity contribution in [2.75, 3.05) is 0 Å². The van der Waals surface area contributed by atoms with E-state index < -0.39 is 0 Å². The summed E-state index contributed by atoms with van der Waals surface area (Å²) in [6.07, 6.45) is 5.80. The first-order valence-corrected chi connectivity index (χ1v) is 17.8. The number of nitrogens with zero attached hydrogens (tertiary/aromatic N) is 3. The third-order valence-corrected chi connectivity index (χ3v) is 10.2. The van der Waals surface area contributed by atoms with Crippen molar-refractivity contribution in [3.63, 3.8) is 0 Å². The molecule has 7 aromatic carbocycles. The molecule has 0 radical (unpaired) electrons. The summed E-state index contributed by atoms with van der Waals surface area (Å²) in [5, 5.41) is 0. The molecule has 0 aliphatic heterocycles. The van der Waals surface area contributed by atoms with Gasteiger partial charge in [0.05, 0.1) is 5.69 Å². The Kier molecular flexibility index (Phi) is 8.79. The number of hydrogen-bond donors (Lipinski definition) is 0. The molecule has 9 aromatic rings. The molecule has 0 amide bonds. The van der Waals surface area contributed by atoms with Gasteiger partial charge in [-0.3, -0.25) is 4.98 Å². The van der Waals surface area contributed by atoms with Crippen molar-refractivity contribution in [2.24, 2.45) is 0 Å². The number of pyridine rings is 1. The Bertz CT molecular complexity index is 2750. The summed E-state index contributed by atoms with van der Waals surface area (Å²) in [4.78, 5) is 9.84. The van der Waals surface area contributed by atoms with Gasteiger partial charge in [0.25, 0.3) is 0 Å². The monoisotopic (exact) mass is 868 g/mol. The third kappa shape index (κ3) is 5.75. The zero-order valence-electron chi connectivity index (χ0n) is 29.1. The first kappa shape index (κ1) is 33.4. The van der Waals surface area contributed by atoms with E-state index in [1.807, 2.05) is 55.0 Å². The smallest absolute Gasteiger partial charge is 0.300 e. The van der Waals surface area contributed by atoms with Crippen LogP contribution in [0.25, 0.3) is 95.1 Å². The van der Waals surface area contributed by atoms with E-state index in [0.717, 1.165) is 72.8 Å². The van der Waals surface area contributed by atoms with Crippen molar-refractivity contribution in [2.45, 2.75) is 0 Å². The fraction of sp³-hybridized carbons (Fsp3) is 0. The zero-order valence-corrected chi connectivity index (χ0v) is 31.3. The van der Waals surface area contributed by atoms with Crippen molar-refractivity contribution < 1.29 is 21.1 Å². The van der Waals surface area contributed by atoms with Crippen molar-refractivity contribution in [1.82, 2.24) is 14.5 Å². The average Bonchev–Trinajstić information content (AvgIpc) is 3.74. The van der Waals surface area contributed by atoms with Gasteiger partial charge in [-0.05, 0) is 79.9 Å². The maximum atomic E-state index is 5.00. The molecule has 0 unspecified atom stereocenters. The maximum absolute atomic E-state index is 5.00. The largest absolute Gasteiger partial charge is 2.00 e. The molecule has 54 heavy (non-hydrogen) atoms. The molecule has 0 fully saturated rings. The Morgan fingerprint density at radius 1 is 0.370 bits per heavy atom. The molecule has 3 nitrogen and oxygen atoms in total. The van der Waals surface area contributed by atoms with Crippen molar-refractivity contribution in [3.05, 3.63) is 201 Å². The van der Waals surface area contributed by atoms with Gasteiger partial charge in [-0.1, -0.05) is 108 Å². The second-order valence-corrected chi connectivity index (χ2v) is 13.2. The minimum absolute atomic E-state index is 0. The first-order valence-electron chi connectivity index (χ1n) is 17.8. The Morgan fingerprint density at radius 2 is 0.852 bits per heavy atom. The van der Waals surface area contributed by atoms with Gasteiger partial charge < -0.3 is 4.57 Å². The van der Waals surface area contributed by atoms with Crippen molar-refractivity contribution in [1.29, 1.82) is 0 Å². The molecule has 0 spiro atoms. The van der Waals surface area contributed by atoms with Crippen LogP contribution in [-0.2, 0) is 21.1 Å². The second-order valence-electron chi connectivity index (χ2n) is 13.2. The number of hydrogen-bond acceptors (Lipinski definition) is 2. The standard InChI is InChI=1S/C50H31N3.Pt/c1-4-16-34(17-5-1)41-30-43-38-23-11-13-25-40(38)46-33-48(50-52-28-29-53(50)36-20-8-3-9-21-36)42(35-18-6-2-7-19-35)31-44(46)37-22-10-12-24-39(37)45(43)32-47(41)49-26-14-15-27-51-49;/h1-16,18,20-33H;/q-2;+2.